The van der Waals surface area contributed by atoms with E-state index in [1.165, 1.54) is 25.3 Å². The fourth-order valence-corrected chi connectivity index (χ4v) is 2.24. The lowest BCUT2D eigenvalue weighted by atomic mass is 10.3. The van der Waals surface area contributed by atoms with Crippen molar-refractivity contribution in [2.45, 2.75) is 6.42 Å². The van der Waals surface area contributed by atoms with Crippen LogP contribution in [0.5, 0.6) is 0 Å². The minimum atomic E-state index is -0.504. The number of nitrogens with zero attached hydrogens (tertiary/aromatic N) is 5. The summed E-state index contributed by atoms with van der Waals surface area (Å²) in [7, 11) is 1.29. The number of aromatic nitrogens is 2. The van der Waals surface area contributed by atoms with Crippen LogP contribution in [0.3, 0.4) is 0 Å². The monoisotopic (exact) mass is 339 g/mol. The largest absolute Gasteiger partial charge is 0.469 e. The zero-order chi connectivity index (χ0) is 17.8. The Bertz CT molecular complexity index is 980. The van der Waals surface area contributed by atoms with Gasteiger partial charge in [-0.05, 0) is 18.2 Å². The van der Waals surface area contributed by atoms with Crippen LogP contribution < -0.4 is 0 Å². The number of benzene rings is 1. The third-order valence-electron chi connectivity index (χ3n) is 3.41. The zero-order valence-corrected chi connectivity index (χ0v) is 13.2. The molecule has 25 heavy (non-hydrogen) atoms. The van der Waals surface area contributed by atoms with E-state index in [0.717, 1.165) is 0 Å². The Kier molecular flexibility index (Phi) is 4.46. The number of hydrogen-bond donors (Lipinski definition) is 0. The van der Waals surface area contributed by atoms with Crippen LogP contribution in [0.2, 0.25) is 0 Å². The molecule has 0 bridgehead atoms. The number of pyridine rings is 1. The van der Waals surface area contributed by atoms with Crippen LogP contribution in [0, 0.1) is 10.1 Å². The molecule has 0 saturated carbocycles. The number of imidazole rings is 1. The fraction of sp³-hybridized carbons (Fsp3) is 0.125. The van der Waals surface area contributed by atoms with Gasteiger partial charge in [0.1, 0.15) is 5.65 Å². The Hall–Kier alpha value is -3.62. The van der Waals surface area contributed by atoms with Gasteiger partial charge in [0.2, 0.25) is 0 Å². The minimum Gasteiger partial charge on any atom is -0.469 e. The molecule has 2 aromatic heterocycles. The quantitative estimate of drug-likeness (QED) is 0.306. The Balaban J connectivity index is 2.02. The molecule has 0 unspecified atom stereocenters. The second kappa shape index (κ2) is 6.87. The Morgan fingerprint density at radius 3 is 2.88 bits per heavy atom. The predicted octanol–water partition coefficient (Wildman–Crippen LogP) is 3.37. The van der Waals surface area contributed by atoms with Crippen LogP contribution in [0.4, 0.5) is 17.2 Å². The molecule has 0 radical (unpaired) electrons. The van der Waals surface area contributed by atoms with Gasteiger partial charge in [0.25, 0.3) is 5.69 Å². The van der Waals surface area contributed by atoms with E-state index in [-0.39, 0.29) is 12.1 Å². The van der Waals surface area contributed by atoms with Crippen LogP contribution in [-0.2, 0) is 16.0 Å². The van der Waals surface area contributed by atoms with Crippen molar-refractivity contribution in [2.24, 2.45) is 10.2 Å². The van der Waals surface area contributed by atoms with E-state index in [9.17, 15) is 14.9 Å². The predicted molar refractivity (Wildman–Crippen MR) is 88.2 cm³/mol. The topological polar surface area (TPSA) is 111 Å². The van der Waals surface area contributed by atoms with Gasteiger partial charge in [0.05, 0.1) is 29.8 Å². The molecule has 0 N–H and O–H groups in total. The first kappa shape index (κ1) is 16.2. The zero-order valence-electron chi connectivity index (χ0n) is 13.2. The van der Waals surface area contributed by atoms with Gasteiger partial charge < -0.3 is 4.74 Å². The summed E-state index contributed by atoms with van der Waals surface area (Å²) in [5.41, 5.74) is 1.26. The number of nitro benzene ring substituents is 1. The maximum Gasteiger partial charge on any atom is 0.311 e. The molecule has 0 aliphatic heterocycles. The van der Waals surface area contributed by atoms with Crippen LogP contribution in [-0.4, -0.2) is 27.4 Å². The van der Waals surface area contributed by atoms with E-state index in [1.54, 1.807) is 28.8 Å². The molecule has 0 amide bonds. The van der Waals surface area contributed by atoms with E-state index in [0.29, 0.717) is 22.8 Å². The van der Waals surface area contributed by atoms with Crippen molar-refractivity contribution in [3.05, 3.63) is 64.5 Å². The van der Waals surface area contributed by atoms with Crippen LogP contribution >= 0.6 is 0 Å². The molecule has 126 valence electrons. The molecule has 0 atom stereocenters. The van der Waals surface area contributed by atoms with Gasteiger partial charge >= 0.3 is 5.97 Å². The lowest BCUT2D eigenvalue weighted by Crippen LogP contribution is -2.04. The summed E-state index contributed by atoms with van der Waals surface area (Å²) in [5, 5.41) is 19.0. The van der Waals surface area contributed by atoms with Crippen molar-refractivity contribution < 1.29 is 14.5 Å². The highest BCUT2D eigenvalue weighted by Gasteiger charge is 2.15. The van der Waals surface area contributed by atoms with Gasteiger partial charge in [0, 0.05) is 18.3 Å². The summed E-state index contributed by atoms with van der Waals surface area (Å²) in [6.07, 6.45) is 1.69. The van der Waals surface area contributed by atoms with Crippen LogP contribution in [0.25, 0.3) is 5.65 Å². The number of non-ortho nitro benzene ring substituents is 1. The van der Waals surface area contributed by atoms with Gasteiger partial charge in [-0.2, -0.15) is 0 Å². The second-order valence-corrected chi connectivity index (χ2v) is 5.04. The minimum absolute atomic E-state index is 0.0541. The van der Waals surface area contributed by atoms with E-state index in [4.69, 9.17) is 0 Å². The molecule has 9 heteroatoms. The van der Waals surface area contributed by atoms with Crippen molar-refractivity contribution in [1.29, 1.82) is 0 Å². The molecule has 9 nitrogen and oxygen atoms in total. The Morgan fingerprint density at radius 2 is 2.12 bits per heavy atom. The van der Waals surface area contributed by atoms with Crippen molar-refractivity contribution in [2.75, 3.05) is 7.11 Å². The molecule has 0 aliphatic rings. The van der Waals surface area contributed by atoms with Gasteiger partial charge in [-0.25, -0.2) is 4.98 Å². The molecule has 0 spiro atoms. The average Bonchev–Trinajstić information content (AvgIpc) is 2.97. The number of carbonyl (C=O) groups is 1. The molecule has 3 aromatic rings. The molecule has 2 heterocycles. The van der Waals surface area contributed by atoms with Gasteiger partial charge in [0.15, 0.2) is 5.82 Å². The van der Waals surface area contributed by atoms with Gasteiger partial charge in [-0.1, -0.05) is 12.1 Å². The highest BCUT2D eigenvalue weighted by atomic mass is 16.6. The molecule has 3 rings (SSSR count). The first-order chi connectivity index (χ1) is 12.1. The summed E-state index contributed by atoms with van der Waals surface area (Å²) in [6.45, 7) is 0. The summed E-state index contributed by atoms with van der Waals surface area (Å²) in [5.74, 6) is -0.0808. The molecule has 1 aromatic carbocycles. The number of azo groups is 1. The number of rotatable bonds is 5. The Morgan fingerprint density at radius 1 is 1.28 bits per heavy atom. The third-order valence-corrected chi connectivity index (χ3v) is 3.41. The second-order valence-electron chi connectivity index (χ2n) is 5.04. The van der Waals surface area contributed by atoms with E-state index < -0.39 is 10.9 Å². The molecule has 0 saturated heterocycles. The number of methoxy groups -OCH3 is 1. The smallest absolute Gasteiger partial charge is 0.311 e. The van der Waals surface area contributed by atoms with Crippen molar-refractivity contribution in [1.82, 2.24) is 9.38 Å². The van der Waals surface area contributed by atoms with Crippen molar-refractivity contribution in [3.63, 3.8) is 0 Å². The lowest BCUT2D eigenvalue weighted by Gasteiger charge is -1.99. The SMILES string of the molecule is COC(=O)Cc1nc2ccccn2c1N=Nc1cccc([N+](=O)[O-])c1. The van der Waals surface area contributed by atoms with E-state index in [1.807, 2.05) is 6.07 Å². The van der Waals surface area contributed by atoms with Crippen LogP contribution in [0.15, 0.2) is 58.9 Å². The average molecular weight is 339 g/mol. The molecule has 0 aliphatic carbocycles. The normalized spacial score (nSPS) is 11.1. The molecule has 0 fully saturated rings. The molecular formula is C16H13N5O4. The van der Waals surface area contributed by atoms with E-state index >= 15 is 0 Å². The third kappa shape index (κ3) is 3.50. The highest BCUT2D eigenvalue weighted by molar-refractivity contribution is 5.74. The number of ether oxygens (including phenoxy) is 1. The van der Waals surface area contributed by atoms with Gasteiger partial charge in [-0.15, -0.1) is 10.2 Å². The highest BCUT2D eigenvalue weighted by Crippen LogP contribution is 2.26. The first-order valence-corrected chi connectivity index (χ1v) is 7.27. The lowest BCUT2D eigenvalue weighted by molar-refractivity contribution is -0.384. The van der Waals surface area contributed by atoms with E-state index in [2.05, 4.69) is 19.9 Å². The number of nitro groups is 1. The Labute approximate surface area is 141 Å². The van der Waals surface area contributed by atoms with Crippen LogP contribution in [0.1, 0.15) is 5.69 Å². The summed E-state index contributed by atoms with van der Waals surface area (Å²) in [6, 6.07) is 11.2. The number of esters is 1. The van der Waals surface area contributed by atoms with Crippen molar-refractivity contribution >= 4 is 28.8 Å². The standard InChI is InChI=1S/C16H13N5O4/c1-25-15(22)10-13-16(20-8-3-2-7-14(20)17-13)19-18-11-5-4-6-12(9-11)21(23)24/h2-9H,10H2,1H3. The maximum absolute atomic E-state index is 11.6. The molecular weight excluding hydrogens is 326 g/mol. The summed E-state index contributed by atoms with van der Waals surface area (Å²) >= 11 is 0. The maximum atomic E-state index is 11.6. The summed E-state index contributed by atoms with van der Waals surface area (Å²) < 4.78 is 6.35. The summed E-state index contributed by atoms with van der Waals surface area (Å²) in [4.78, 5) is 26.3. The number of fused-ring (bicyclic) bond motifs is 1. The van der Waals surface area contributed by atoms with Crippen molar-refractivity contribution in [3.8, 4) is 0 Å². The number of hydrogen-bond acceptors (Lipinski definition) is 7. The number of carbonyl (C=O) groups excluding carboxylic acids is 1. The first-order valence-electron chi connectivity index (χ1n) is 7.27. The van der Waals surface area contributed by atoms with Gasteiger partial charge in [-0.3, -0.25) is 19.3 Å². The fourth-order valence-electron chi connectivity index (χ4n) is 2.24.